The van der Waals surface area contributed by atoms with E-state index in [1.54, 1.807) is 12.1 Å². The van der Waals surface area contributed by atoms with Crippen molar-refractivity contribution >= 4 is 5.97 Å². The number of carbonyl (C=O) groups is 1. The number of carboxylic acid groups (broad SMARTS) is 1. The summed E-state index contributed by atoms with van der Waals surface area (Å²) in [7, 11) is 2.03. The van der Waals surface area contributed by atoms with Gasteiger partial charge >= 0.3 is 5.97 Å². The van der Waals surface area contributed by atoms with Gasteiger partial charge in [-0.05, 0) is 44.3 Å². The topological polar surface area (TPSA) is 66.6 Å². The monoisotopic (exact) mass is 222 g/mol. The summed E-state index contributed by atoms with van der Waals surface area (Å²) in [6, 6.07) is 6.97. The van der Waals surface area contributed by atoms with E-state index in [2.05, 4.69) is 4.90 Å². The zero-order valence-electron chi connectivity index (χ0n) is 9.52. The summed E-state index contributed by atoms with van der Waals surface area (Å²) in [6.45, 7) is 2.47. The van der Waals surface area contributed by atoms with Crippen LogP contribution in [0.15, 0.2) is 24.3 Å². The Morgan fingerprint density at radius 1 is 1.38 bits per heavy atom. The van der Waals surface area contributed by atoms with Gasteiger partial charge in [0.15, 0.2) is 0 Å². The van der Waals surface area contributed by atoms with Gasteiger partial charge < -0.3 is 15.7 Å². The molecule has 4 heteroatoms. The maximum atomic E-state index is 10.7. The SMILES string of the molecule is CN(CCCN)Cc1ccc(C(=O)O)cc1. The quantitative estimate of drug-likeness (QED) is 0.758. The average Bonchev–Trinajstić information content (AvgIpc) is 2.27. The Morgan fingerprint density at radius 3 is 2.50 bits per heavy atom. The molecule has 0 saturated carbocycles. The molecule has 0 unspecified atom stereocenters. The van der Waals surface area contributed by atoms with E-state index in [0.29, 0.717) is 12.1 Å². The lowest BCUT2D eigenvalue weighted by atomic mass is 10.1. The predicted molar refractivity (Wildman–Crippen MR) is 63.4 cm³/mol. The van der Waals surface area contributed by atoms with Crippen LogP contribution in [0.1, 0.15) is 22.3 Å². The van der Waals surface area contributed by atoms with E-state index in [1.165, 1.54) is 0 Å². The van der Waals surface area contributed by atoms with Gasteiger partial charge in [0.25, 0.3) is 0 Å². The van der Waals surface area contributed by atoms with Crippen LogP contribution in [-0.2, 0) is 6.54 Å². The summed E-state index contributed by atoms with van der Waals surface area (Å²) in [6.07, 6.45) is 0.976. The van der Waals surface area contributed by atoms with Crippen LogP contribution in [0.4, 0.5) is 0 Å². The Morgan fingerprint density at radius 2 is 2.00 bits per heavy atom. The molecule has 0 aliphatic heterocycles. The van der Waals surface area contributed by atoms with Gasteiger partial charge in [-0.3, -0.25) is 0 Å². The minimum atomic E-state index is -0.886. The molecule has 4 nitrogen and oxygen atoms in total. The molecular formula is C12H18N2O2. The normalized spacial score (nSPS) is 10.7. The fourth-order valence-corrected chi connectivity index (χ4v) is 1.50. The molecule has 0 spiro atoms. The first-order chi connectivity index (χ1) is 7.63. The number of carboxylic acids is 1. The van der Waals surface area contributed by atoms with Gasteiger partial charge in [-0.1, -0.05) is 12.1 Å². The molecule has 0 aliphatic rings. The Labute approximate surface area is 95.7 Å². The maximum absolute atomic E-state index is 10.7. The van der Waals surface area contributed by atoms with Crippen molar-refractivity contribution in [3.05, 3.63) is 35.4 Å². The second-order valence-corrected chi connectivity index (χ2v) is 3.88. The number of nitrogens with zero attached hydrogens (tertiary/aromatic N) is 1. The third-order valence-corrected chi connectivity index (χ3v) is 2.40. The van der Waals surface area contributed by atoms with Crippen LogP contribution in [-0.4, -0.2) is 36.1 Å². The van der Waals surface area contributed by atoms with E-state index >= 15 is 0 Å². The highest BCUT2D eigenvalue weighted by Crippen LogP contribution is 2.06. The summed E-state index contributed by atoms with van der Waals surface area (Å²) >= 11 is 0. The molecule has 0 bridgehead atoms. The first-order valence-corrected chi connectivity index (χ1v) is 5.34. The lowest BCUT2D eigenvalue weighted by molar-refractivity contribution is 0.0697. The summed E-state index contributed by atoms with van der Waals surface area (Å²) in [5, 5.41) is 8.75. The van der Waals surface area contributed by atoms with Crippen LogP contribution in [0.5, 0.6) is 0 Å². The largest absolute Gasteiger partial charge is 0.478 e. The number of benzene rings is 1. The first-order valence-electron chi connectivity index (χ1n) is 5.34. The number of aromatic carboxylic acids is 1. The molecule has 0 aliphatic carbocycles. The van der Waals surface area contributed by atoms with Crippen molar-refractivity contribution in [1.82, 2.24) is 4.90 Å². The van der Waals surface area contributed by atoms with E-state index in [4.69, 9.17) is 10.8 Å². The molecule has 0 heterocycles. The molecule has 16 heavy (non-hydrogen) atoms. The molecule has 1 aromatic rings. The van der Waals surface area contributed by atoms with E-state index in [-0.39, 0.29) is 0 Å². The standard InChI is InChI=1S/C12H18N2O2/c1-14(8-2-7-13)9-10-3-5-11(6-4-10)12(15)16/h3-6H,2,7-9,13H2,1H3,(H,15,16). The smallest absolute Gasteiger partial charge is 0.335 e. The minimum Gasteiger partial charge on any atom is -0.478 e. The van der Waals surface area contributed by atoms with Crippen molar-refractivity contribution in [3.8, 4) is 0 Å². The molecule has 0 amide bonds. The average molecular weight is 222 g/mol. The molecule has 0 saturated heterocycles. The zero-order valence-corrected chi connectivity index (χ0v) is 9.52. The zero-order chi connectivity index (χ0) is 12.0. The number of hydrogen-bond donors (Lipinski definition) is 2. The van der Waals surface area contributed by atoms with E-state index in [0.717, 1.165) is 25.1 Å². The van der Waals surface area contributed by atoms with Gasteiger partial charge in [-0.25, -0.2) is 4.79 Å². The third-order valence-electron chi connectivity index (χ3n) is 2.40. The molecule has 1 aromatic carbocycles. The highest BCUT2D eigenvalue weighted by molar-refractivity contribution is 5.87. The summed E-state index contributed by atoms with van der Waals surface area (Å²) in [5.41, 5.74) is 6.87. The van der Waals surface area contributed by atoms with Crippen LogP contribution < -0.4 is 5.73 Å². The highest BCUT2D eigenvalue weighted by atomic mass is 16.4. The lowest BCUT2D eigenvalue weighted by Crippen LogP contribution is -2.21. The fourth-order valence-electron chi connectivity index (χ4n) is 1.50. The molecule has 0 atom stereocenters. The third kappa shape index (κ3) is 4.00. The second kappa shape index (κ2) is 6.25. The van der Waals surface area contributed by atoms with Gasteiger partial charge in [0, 0.05) is 6.54 Å². The first kappa shape index (κ1) is 12.7. The van der Waals surface area contributed by atoms with Crippen molar-refractivity contribution in [3.63, 3.8) is 0 Å². The Kier molecular flexibility index (Phi) is 4.95. The van der Waals surface area contributed by atoms with Crippen molar-refractivity contribution in [2.75, 3.05) is 20.1 Å². The molecule has 0 fully saturated rings. The van der Waals surface area contributed by atoms with Crippen LogP contribution in [0.25, 0.3) is 0 Å². The molecule has 0 radical (unpaired) electrons. The van der Waals surface area contributed by atoms with E-state index in [1.807, 2.05) is 19.2 Å². The predicted octanol–water partition coefficient (Wildman–Crippen LogP) is 1.17. The number of rotatable bonds is 6. The summed E-state index contributed by atoms with van der Waals surface area (Å²) in [5.74, 6) is -0.886. The van der Waals surface area contributed by atoms with Crippen LogP contribution in [0.3, 0.4) is 0 Å². The van der Waals surface area contributed by atoms with Gasteiger partial charge in [0.05, 0.1) is 5.56 Å². The van der Waals surface area contributed by atoms with E-state index < -0.39 is 5.97 Å². The van der Waals surface area contributed by atoms with E-state index in [9.17, 15) is 4.79 Å². The Hall–Kier alpha value is -1.39. The minimum absolute atomic E-state index is 0.327. The van der Waals surface area contributed by atoms with Crippen LogP contribution in [0.2, 0.25) is 0 Å². The molecule has 0 aromatic heterocycles. The molecule has 1 rings (SSSR count). The summed E-state index contributed by atoms with van der Waals surface area (Å²) < 4.78 is 0. The van der Waals surface area contributed by atoms with Crippen LogP contribution in [0, 0.1) is 0 Å². The van der Waals surface area contributed by atoms with Gasteiger partial charge in [-0.2, -0.15) is 0 Å². The lowest BCUT2D eigenvalue weighted by Gasteiger charge is -2.15. The second-order valence-electron chi connectivity index (χ2n) is 3.88. The van der Waals surface area contributed by atoms with Gasteiger partial charge in [-0.15, -0.1) is 0 Å². The van der Waals surface area contributed by atoms with Crippen molar-refractivity contribution in [2.24, 2.45) is 5.73 Å². The maximum Gasteiger partial charge on any atom is 0.335 e. The van der Waals surface area contributed by atoms with Crippen LogP contribution >= 0.6 is 0 Å². The highest BCUT2D eigenvalue weighted by Gasteiger charge is 2.03. The molecule has 3 N–H and O–H groups in total. The number of hydrogen-bond acceptors (Lipinski definition) is 3. The summed E-state index contributed by atoms with van der Waals surface area (Å²) in [4.78, 5) is 12.8. The van der Waals surface area contributed by atoms with Crippen molar-refractivity contribution < 1.29 is 9.90 Å². The van der Waals surface area contributed by atoms with Gasteiger partial charge in [0.1, 0.15) is 0 Å². The van der Waals surface area contributed by atoms with Crippen molar-refractivity contribution in [2.45, 2.75) is 13.0 Å². The van der Waals surface area contributed by atoms with Gasteiger partial charge in [0.2, 0.25) is 0 Å². The fraction of sp³-hybridized carbons (Fsp3) is 0.417. The number of nitrogens with two attached hydrogens (primary N) is 1. The molecule has 88 valence electrons. The Bertz CT molecular complexity index is 335. The van der Waals surface area contributed by atoms with Crippen molar-refractivity contribution in [1.29, 1.82) is 0 Å². The molecular weight excluding hydrogens is 204 g/mol. The Balaban J connectivity index is 2.51.